The SMILES string of the molecule is Fc1ccc(COc2ccc(CSc3nnc(N4CCOCC4)n3CC(F)(F)F)cc2)cc1. The minimum Gasteiger partial charge on any atom is -0.489 e. The van der Waals surface area contributed by atoms with Crippen molar-refractivity contribution in [2.24, 2.45) is 0 Å². The number of morpholine rings is 1. The number of anilines is 1. The first-order valence-corrected chi connectivity index (χ1v) is 11.3. The van der Waals surface area contributed by atoms with Crippen molar-refractivity contribution < 1.29 is 27.0 Å². The first-order valence-electron chi connectivity index (χ1n) is 10.3. The van der Waals surface area contributed by atoms with Crippen molar-refractivity contribution >= 4 is 17.7 Å². The van der Waals surface area contributed by atoms with Gasteiger partial charge in [-0.15, -0.1) is 10.2 Å². The highest BCUT2D eigenvalue weighted by Crippen LogP contribution is 2.30. The number of nitrogens with zero attached hydrogens (tertiary/aromatic N) is 4. The molecule has 2 aromatic carbocycles. The zero-order chi connectivity index (χ0) is 23.3. The monoisotopic (exact) mass is 482 g/mol. The molecule has 0 unspecified atom stereocenters. The molecule has 0 amide bonds. The quantitative estimate of drug-likeness (QED) is 0.343. The van der Waals surface area contributed by atoms with Crippen LogP contribution in [0.15, 0.2) is 53.7 Å². The van der Waals surface area contributed by atoms with Crippen LogP contribution >= 0.6 is 11.8 Å². The van der Waals surface area contributed by atoms with Crippen LogP contribution in [0, 0.1) is 5.82 Å². The number of ether oxygens (including phenoxy) is 2. The number of hydrogen-bond acceptors (Lipinski definition) is 6. The van der Waals surface area contributed by atoms with Gasteiger partial charge in [-0.1, -0.05) is 36.0 Å². The largest absolute Gasteiger partial charge is 0.489 e. The third-order valence-electron chi connectivity index (χ3n) is 4.94. The molecule has 1 aliphatic rings. The van der Waals surface area contributed by atoms with Gasteiger partial charge in [0.05, 0.1) is 13.2 Å². The van der Waals surface area contributed by atoms with E-state index in [9.17, 15) is 17.6 Å². The molecule has 176 valence electrons. The molecule has 1 fully saturated rings. The molecule has 0 atom stereocenters. The second-order valence-electron chi connectivity index (χ2n) is 7.43. The van der Waals surface area contributed by atoms with Crippen molar-refractivity contribution in [3.8, 4) is 5.75 Å². The van der Waals surface area contributed by atoms with Crippen molar-refractivity contribution in [3.63, 3.8) is 0 Å². The van der Waals surface area contributed by atoms with Crippen LogP contribution in [0.5, 0.6) is 5.75 Å². The Morgan fingerprint density at radius 2 is 1.61 bits per heavy atom. The van der Waals surface area contributed by atoms with E-state index in [0.717, 1.165) is 15.7 Å². The Hall–Kier alpha value is -2.79. The Morgan fingerprint density at radius 3 is 2.27 bits per heavy atom. The predicted octanol–water partition coefficient (Wildman–Crippen LogP) is 4.69. The summed E-state index contributed by atoms with van der Waals surface area (Å²) in [5.74, 6) is 0.978. The summed E-state index contributed by atoms with van der Waals surface area (Å²) in [5, 5.41) is 8.26. The Labute approximate surface area is 192 Å². The van der Waals surface area contributed by atoms with Gasteiger partial charge in [0.1, 0.15) is 24.7 Å². The summed E-state index contributed by atoms with van der Waals surface area (Å²) in [6, 6.07) is 13.3. The van der Waals surface area contributed by atoms with Crippen LogP contribution in [-0.4, -0.2) is 47.2 Å². The number of halogens is 4. The van der Waals surface area contributed by atoms with Gasteiger partial charge in [0.15, 0.2) is 5.16 Å². The van der Waals surface area contributed by atoms with Crippen LogP contribution in [0.4, 0.5) is 23.5 Å². The van der Waals surface area contributed by atoms with Crippen molar-refractivity contribution in [3.05, 3.63) is 65.5 Å². The summed E-state index contributed by atoms with van der Waals surface area (Å²) in [6.45, 7) is 0.985. The molecule has 1 aromatic heterocycles. The number of thioether (sulfide) groups is 1. The second kappa shape index (κ2) is 10.4. The van der Waals surface area contributed by atoms with Gasteiger partial charge < -0.3 is 14.4 Å². The Bertz CT molecular complexity index is 1040. The summed E-state index contributed by atoms with van der Waals surface area (Å²) in [4.78, 5) is 1.76. The lowest BCUT2D eigenvalue weighted by Crippen LogP contribution is -2.38. The summed E-state index contributed by atoms with van der Waals surface area (Å²) < 4.78 is 64.7. The van der Waals surface area contributed by atoms with E-state index < -0.39 is 12.7 Å². The summed E-state index contributed by atoms with van der Waals surface area (Å²) >= 11 is 1.20. The molecule has 1 saturated heterocycles. The average molecular weight is 483 g/mol. The zero-order valence-electron chi connectivity index (χ0n) is 17.6. The number of hydrogen-bond donors (Lipinski definition) is 0. The zero-order valence-corrected chi connectivity index (χ0v) is 18.4. The molecule has 0 bridgehead atoms. The minimum atomic E-state index is -4.39. The van der Waals surface area contributed by atoms with Crippen LogP contribution < -0.4 is 9.64 Å². The van der Waals surface area contributed by atoms with E-state index in [1.807, 2.05) is 12.1 Å². The first kappa shape index (κ1) is 23.4. The Kier molecular flexibility index (Phi) is 7.39. The molecule has 1 aliphatic heterocycles. The van der Waals surface area contributed by atoms with Gasteiger partial charge in [-0.3, -0.25) is 4.57 Å². The van der Waals surface area contributed by atoms with E-state index in [1.165, 1.54) is 23.9 Å². The first-order chi connectivity index (χ1) is 15.9. The maximum atomic E-state index is 13.2. The molecule has 11 heteroatoms. The van der Waals surface area contributed by atoms with Crippen LogP contribution in [-0.2, 0) is 23.6 Å². The molecule has 0 radical (unpaired) electrons. The topological polar surface area (TPSA) is 52.4 Å². The van der Waals surface area contributed by atoms with Crippen molar-refractivity contribution in [2.45, 2.75) is 30.2 Å². The maximum Gasteiger partial charge on any atom is 0.406 e. The number of alkyl halides is 3. The maximum absolute atomic E-state index is 13.2. The van der Waals surface area contributed by atoms with E-state index >= 15 is 0 Å². The lowest BCUT2D eigenvalue weighted by atomic mass is 10.2. The molecule has 3 aromatic rings. The average Bonchev–Trinajstić information content (AvgIpc) is 3.19. The lowest BCUT2D eigenvalue weighted by molar-refractivity contribution is -0.141. The van der Waals surface area contributed by atoms with Gasteiger partial charge in [-0.25, -0.2) is 4.39 Å². The van der Waals surface area contributed by atoms with E-state index in [1.54, 1.807) is 29.2 Å². The standard InChI is InChI=1S/C22H22F4N4O2S/c23-18-5-1-16(2-6-18)13-32-19-7-3-17(4-8-19)14-33-21-28-27-20(29-9-11-31-12-10-29)30(21)15-22(24,25)26/h1-8H,9-15H2. The van der Waals surface area contributed by atoms with Crippen LogP contribution in [0.3, 0.4) is 0 Å². The van der Waals surface area contributed by atoms with Gasteiger partial charge in [0.2, 0.25) is 5.95 Å². The smallest absolute Gasteiger partial charge is 0.406 e. The fourth-order valence-corrected chi connectivity index (χ4v) is 4.17. The number of benzene rings is 2. The Morgan fingerprint density at radius 1 is 0.939 bits per heavy atom. The minimum absolute atomic E-state index is 0.211. The van der Waals surface area contributed by atoms with Gasteiger partial charge in [-0.05, 0) is 35.4 Å². The summed E-state index contributed by atoms with van der Waals surface area (Å²) in [6.07, 6.45) is -4.39. The molecule has 0 aliphatic carbocycles. The molecule has 2 heterocycles. The molecule has 0 spiro atoms. The molecule has 4 rings (SSSR count). The molecule has 33 heavy (non-hydrogen) atoms. The fraction of sp³-hybridized carbons (Fsp3) is 0.364. The fourth-order valence-electron chi connectivity index (χ4n) is 3.28. The van der Waals surface area contributed by atoms with Crippen LogP contribution in [0.1, 0.15) is 11.1 Å². The van der Waals surface area contributed by atoms with E-state index in [4.69, 9.17) is 9.47 Å². The third-order valence-corrected chi connectivity index (χ3v) is 5.98. The third kappa shape index (κ3) is 6.61. The van der Waals surface area contributed by atoms with E-state index in [-0.39, 0.29) is 16.9 Å². The van der Waals surface area contributed by atoms with E-state index in [0.29, 0.717) is 44.4 Å². The summed E-state index contributed by atoms with van der Waals surface area (Å²) in [5.41, 5.74) is 1.75. The number of rotatable bonds is 8. The van der Waals surface area contributed by atoms with Crippen molar-refractivity contribution in [1.82, 2.24) is 14.8 Å². The molecule has 0 saturated carbocycles. The molecule has 0 N–H and O–H groups in total. The van der Waals surface area contributed by atoms with Gasteiger partial charge in [0.25, 0.3) is 0 Å². The molecular formula is C22H22F4N4O2S. The van der Waals surface area contributed by atoms with Crippen LogP contribution in [0.2, 0.25) is 0 Å². The van der Waals surface area contributed by atoms with E-state index in [2.05, 4.69) is 10.2 Å². The molecular weight excluding hydrogens is 460 g/mol. The highest BCUT2D eigenvalue weighted by molar-refractivity contribution is 7.98. The predicted molar refractivity (Wildman–Crippen MR) is 116 cm³/mol. The van der Waals surface area contributed by atoms with Crippen LogP contribution in [0.25, 0.3) is 0 Å². The van der Waals surface area contributed by atoms with Crippen molar-refractivity contribution in [2.75, 3.05) is 31.2 Å². The lowest BCUT2D eigenvalue weighted by Gasteiger charge is -2.28. The number of aromatic nitrogens is 3. The van der Waals surface area contributed by atoms with Gasteiger partial charge >= 0.3 is 6.18 Å². The second-order valence-corrected chi connectivity index (χ2v) is 8.37. The molecule has 6 nitrogen and oxygen atoms in total. The normalized spacial score (nSPS) is 14.5. The highest BCUT2D eigenvalue weighted by Gasteiger charge is 2.32. The Balaban J connectivity index is 1.38. The van der Waals surface area contributed by atoms with Crippen molar-refractivity contribution in [1.29, 1.82) is 0 Å². The van der Waals surface area contributed by atoms with Gasteiger partial charge in [0, 0.05) is 18.8 Å². The highest BCUT2D eigenvalue weighted by atomic mass is 32.2. The summed E-state index contributed by atoms with van der Waals surface area (Å²) in [7, 11) is 0. The van der Waals surface area contributed by atoms with Gasteiger partial charge in [-0.2, -0.15) is 13.2 Å².